The van der Waals surface area contributed by atoms with Gasteiger partial charge < -0.3 is 0 Å². The summed E-state index contributed by atoms with van der Waals surface area (Å²) in [7, 11) is -1.17. The van der Waals surface area contributed by atoms with E-state index in [4.69, 9.17) is 0 Å². The molecule has 1 saturated heterocycles. The van der Waals surface area contributed by atoms with Crippen LogP contribution >= 0.6 is 0 Å². The predicted molar refractivity (Wildman–Crippen MR) is 68.5 cm³/mol. The highest BCUT2D eigenvalue weighted by molar-refractivity contribution is 6.78. The van der Waals surface area contributed by atoms with Crippen molar-refractivity contribution in [3.05, 3.63) is 35.4 Å². The van der Waals surface area contributed by atoms with Crippen LogP contribution in [0.2, 0.25) is 19.1 Å². The zero-order valence-corrected chi connectivity index (χ0v) is 11.6. The van der Waals surface area contributed by atoms with Crippen molar-refractivity contribution in [3.63, 3.8) is 0 Å². The van der Waals surface area contributed by atoms with E-state index in [1.807, 2.05) is 0 Å². The maximum Gasteiger partial charge on any atom is 0.130 e. The van der Waals surface area contributed by atoms with Crippen LogP contribution in [-0.4, -0.2) is 25.2 Å². The molecule has 1 aromatic carbocycles. The van der Waals surface area contributed by atoms with E-state index in [9.17, 15) is 8.78 Å². The van der Waals surface area contributed by atoms with E-state index in [1.54, 1.807) is 0 Å². The number of halogens is 2. The molecular weight excluding hydrogens is 236 g/mol. The average Bonchev–Trinajstić information content (AvgIpc) is 2.46. The van der Waals surface area contributed by atoms with Crippen molar-refractivity contribution in [3.8, 4) is 0 Å². The smallest absolute Gasteiger partial charge is 0.130 e. The van der Waals surface area contributed by atoms with Crippen molar-refractivity contribution in [2.24, 2.45) is 0 Å². The molecule has 94 valence electrons. The van der Waals surface area contributed by atoms with Gasteiger partial charge in [-0.25, -0.2) is 8.78 Å². The van der Waals surface area contributed by atoms with E-state index in [0.717, 1.165) is 6.17 Å². The van der Waals surface area contributed by atoms with Crippen LogP contribution in [0.25, 0.3) is 0 Å². The number of hydrogen-bond acceptors (Lipinski definition) is 1. The Hall–Kier alpha value is -0.743. The van der Waals surface area contributed by atoms with Gasteiger partial charge in [-0.1, -0.05) is 19.2 Å². The highest BCUT2D eigenvalue weighted by Crippen LogP contribution is 2.28. The summed E-state index contributed by atoms with van der Waals surface area (Å²) in [5.74, 6) is -0.854. The first-order chi connectivity index (χ1) is 7.89. The average molecular weight is 255 g/mol. The lowest BCUT2D eigenvalue weighted by Crippen LogP contribution is -2.32. The molecule has 1 fully saturated rings. The Bertz CT molecular complexity index is 400. The summed E-state index contributed by atoms with van der Waals surface area (Å²) in [5, 5.41) is 0. The molecular formula is C13H19F2NSi. The van der Waals surface area contributed by atoms with Gasteiger partial charge in [-0.15, -0.1) is 0 Å². The molecule has 1 aromatic rings. The summed E-state index contributed by atoms with van der Waals surface area (Å²) in [6.45, 7) is 7.22. The molecule has 0 amide bonds. The van der Waals surface area contributed by atoms with E-state index in [-0.39, 0.29) is 5.56 Å². The van der Waals surface area contributed by atoms with Crippen molar-refractivity contribution in [1.29, 1.82) is 0 Å². The molecule has 4 heteroatoms. The monoisotopic (exact) mass is 255 g/mol. The standard InChI is InChI=1S/C13H19F2NSi/c1-10-8-17(2,3)9-16(10)7-11-12(14)5-4-6-13(11)15/h4-6,10H,7-9H2,1-3H3/t10-/m0/s1. The van der Waals surface area contributed by atoms with Crippen LogP contribution < -0.4 is 0 Å². The third-order valence-electron chi connectivity index (χ3n) is 3.53. The van der Waals surface area contributed by atoms with E-state index in [0.29, 0.717) is 12.6 Å². The summed E-state index contributed by atoms with van der Waals surface area (Å²) in [5.41, 5.74) is 0.214. The fourth-order valence-corrected chi connectivity index (χ4v) is 6.31. The predicted octanol–water partition coefficient (Wildman–Crippen LogP) is 3.42. The topological polar surface area (TPSA) is 3.24 Å². The summed E-state index contributed by atoms with van der Waals surface area (Å²) in [6, 6.07) is 5.74. The molecule has 0 saturated carbocycles. The molecule has 0 N–H and O–H groups in total. The van der Waals surface area contributed by atoms with Gasteiger partial charge in [0, 0.05) is 18.2 Å². The molecule has 0 aromatic heterocycles. The number of nitrogens with zero attached hydrogens (tertiary/aromatic N) is 1. The van der Waals surface area contributed by atoms with E-state index < -0.39 is 19.7 Å². The molecule has 0 radical (unpaired) electrons. The summed E-state index contributed by atoms with van der Waals surface area (Å²) in [6.07, 6.45) is 1.03. The van der Waals surface area contributed by atoms with Crippen LogP contribution in [0, 0.1) is 11.6 Å². The minimum absolute atomic E-state index is 0.214. The lowest BCUT2D eigenvalue weighted by Gasteiger charge is -2.22. The molecule has 0 bridgehead atoms. The molecule has 0 aliphatic carbocycles. The van der Waals surface area contributed by atoms with Crippen LogP contribution in [0.4, 0.5) is 8.78 Å². The minimum atomic E-state index is -1.17. The lowest BCUT2D eigenvalue weighted by molar-refractivity contribution is 0.261. The molecule has 1 aliphatic rings. The Balaban J connectivity index is 2.17. The molecule has 0 unspecified atom stereocenters. The maximum absolute atomic E-state index is 13.6. The second-order valence-corrected chi connectivity index (χ2v) is 10.9. The van der Waals surface area contributed by atoms with Crippen LogP contribution in [0.5, 0.6) is 0 Å². The summed E-state index contributed by atoms with van der Waals surface area (Å²) < 4.78 is 27.1. The van der Waals surface area contributed by atoms with Crippen molar-refractivity contribution >= 4 is 8.07 Å². The first kappa shape index (κ1) is 12.7. The number of rotatable bonds is 2. The first-order valence-electron chi connectivity index (χ1n) is 6.06. The van der Waals surface area contributed by atoms with Crippen molar-refractivity contribution in [2.75, 3.05) is 6.17 Å². The Morgan fingerprint density at radius 2 is 1.88 bits per heavy atom. The van der Waals surface area contributed by atoms with Gasteiger partial charge >= 0.3 is 0 Å². The van der Waals surface area contributed by atoms with Gasteiger partial charge in [-0.3, -0.25) is 4.90 Å². The van der Waals surface area contributed by atoms with Crippen LogP contribution in [0.3, 0.4) is 0 Å². The van der Waals surface area contributed by atoms with E-state index >= 15 is 0 Å². The first-order valence-corrected chi connectivity index (χ1v) is 9.47. The molecule has 1 heterocycles. The van der Waals surface area contributed by atoms with Gasteiger partial charge in [0.25, 0.3) is 0 Å². The Kier molecular flexibility index (Phi) is 3.36. The van der Waals surface area contributed by atoms with Gasteiger partial charge in [-0.05, 0) is 31.3 Å². The fraction of sp³-hybridized carbons (Fsp3) is 0.538. The number of benzene rings is 1. The van der Waals surface area contributed by atoms with Gasteiger partial charge in [0.2, 0.25) is 0 Å². The van der Waals surface area contributed by atoms with E-state index in [2.05, 4.69) is 24.9 Å². The molecule has 2 rings (SSSR count). The van der Waals surface area contributed by atoms with Crippen molar-refractivity contribution < 1.29 is 8.78 Å². The molecule has 1 nitrogen and oxygen atoms in total. The van der Waals surface area contributed by atoms with Crippen LogP contribution in [0.15, 0.2) is 18.2 Å². The van der Waals surface area contributed by atoms with Gasteiger partial charge in [0.15, 0.2) is 0 Å². The third kappa shape index (κ3) is 2.74. The summed E-state index contributed by atoms with van der Waals surface area (Å²) >= 11 is 0. The summed E-state index contributed by atoms with van der Waals surface area (Å²) in [4.78, 5) is 2.22. The van der Waals surface area contributed by atoms with E-state index in [1.165, 1.54) is 24.2 Å². The molecule has 1 atom stereocenters. The highest BCUT2D eigenvalue weighted by atomic mass is 28.3. The third-order valence-corrected chi connectivity index (χ3v) is 6.48. The largest absolute Gasteiger partial charge is 0.299 e. The Labute approximate surface area is 102 Å². The Morgan fingerprint density at radius 3 is 2.35 bits per heavy atom. The van der Waals surface area contributed by atoms with Crippen molar-refractivity contribution in [1.82, 2.24) is 4.90 Å². The maximum atomic E-state index is 13.6. The molecule has 17 heavy (non-hydrogen) atoms. The number of hydrogen-bond donors (Lipinski definition) is 0. The minimum Gasteiger partial charge on any atom is -0.299 e. The van der Waals surface area contributed by atoms with Gasteiger partial charge in [-0.2, -0.15) is 0 Å². The zero-order chi connectivity index (χ0) is 12.6. The van der Waals surface area contributed by atoms with Gasteiger partial charge in [0.1, 0.15) is 11.6 Å². The van der Waals surface area contributed by atoms with Crippen LogP contribution in [0.1, 0.15) is 12.5 Å². The zero-order valence-electron chi connectivity index (χ0n) is 10.6. The SMILES string of the molecule is C[C@H]1C[Si](C)(C)CN1Cc1c(F)cccc1F. The molecule has 0 spiro atoms. The molecule has 1 aliphatic heterocycles. The second kappa shape index (κ2) is 4.50. The Morgan fingerprint density at radius 1 is 1.29 bits per heavy atom. The van der Waals surface area contributed by atoms with Crippen LogP contribution in [-0.2, 0) is 6.54 Å². The van der Waals surface area contributed by atoms with Crippen molar-refractivity contribution in [2.45, 2.75) is 38.6 Å². The fourth-order valence-electron chi connectivity index (χ4n) is 2.80. The quantitative estimate of drug-likeness (QED) is 0.732. The lowest BCUT2D eigenvalue weighted by atomic mass is 10.1. The second-order valence-electron chi connectivity index (χ2n) is 5.82. The van der Waals surface area contributed by atoms with Gasteiger partial charge in [0.05, 0.1) is 8.07 Å². The highest BCUT2D eigenvalue weighted by Gasteiger charge is 2.36. The normalized spacial score (nSPS) is 24.2.